The second kappa shape index (κ2) is 5.10. The van der Waals surface area contributed by atoms with E-state index in [1.807, 2.05) is 54.9 Å². The fourth-order valence-electron chi connectivity index (χ4n) is 2.69. The van der Waals surface area contributed by atoms with Gasteiger partial charge in [-0.2, -0.15) is 5.10 Å². The average Bonchev–Trinajstić information content (AvgIpc) is 2.87. The van der Waals surface area contributed by atoms with E-state index in [2.05, 4.69) is 17.2 Å². The molecule has 0 radical (unpaired) electrons. The molecule has 102 valence electrons. The molecule has 0 saturated carbocycles. The number of hydrogen-bond donors (Lipinski definition) is 1. The van der Waals surface area contributed by atoms with Gasteiger partial charge >= 0.3 is 0 Å². The zero-order valence-corrected chi connectivity index (χ0v) is 11.7. The number of aryl methyl sites for hydroxylation is 2. The van der Waals surface area contributed by atoms with Crippen molar-refractivity contribution in [2.45, 2.75) is 26.5 Å². The summed E-state index contributed by atoms with van der Waals surface area (Å²) in [7, 11) is 0. The van der Waals surface area contributed by atoms with Gasteiger partial charge < -0.3 is 5.11 Å². The number of benzene rings is 2. The SMILES string of the molecule is CCn1nc(C)cc1C(O)c1cccc2ccccc12. The summed E-state index contributed by atoms with van der Waals surface area (Å²) in [4.78, 5) is 0. The van der Waals surface area contributed by atoms with Crippen LogP contribution in [0.2, 0.25) is 0 Å². The molecule has 2 aromatic carbocycles. The molecule has 0 bridgehead atoms. The lowest BCUT2D eigenvalue weighted by Crippen LogP contribution is -2.09. The summed E-state index contributed by atoms with van der Waals surface area (Å²) in [5.41, 5.74) is 2.71. The minimum absolute atomic E-state index is 0.651. The Morgan fingerprint density at radius 1 is 1.15 bits per heavy atom. The number of aromatic nitrogens is 2. The lowest BCUT2D eigenvalue weighted by atomic mass is 9.98. The Balaban J connectivity index is 2.15. The number of hydrogen-bond acceptors (Lipinski definition) is 2. The van der Waals surface area contributed by atoms with E-state index < -0.39 is 6.10 Å². The molecule has 3 rings (SSSR count). The standard InChI is InChI=1S/C17H18N2O/c1-3-19-16(11-12(2)18-19)17(20)15-10-6-8-13-7-4-5-9-14(13)15/h4-11,17,20H,3H2,1-2H3. The molecule has 1 heterocycles. The monoisotopic (exact) mass is 266 g/mol. The van der Waals surface area contributed by atoms with Crippen molar-refractivity contribution in [2.75, 3.05) is 0 Å². The minimum atomic E-state index is -0.651. The van der Waals surface area contributed by atoms with Gasteiger partial charge in [-0.3, -0.25) is 4.68 Å². The topological polar surface area (TPSA) is 38.0 Å². The first-order valence-corrected chi connectivity index (χ1v) is 6.90. The van der Waals surface area contributed by atoms with Crippen molar-refractivity contribution in [3.63, 3.8) is 0 Å². The molecule has 0 aliphatic rings. The molecular formula is C17H18N2O. The van der Waals surface area contributed by atoms with Crippen molar-refractivity contribution >= 4 is 10.8 Å². The van der Waals surface area contributed by atoms with Crippen LogP contribution >= 0.6 is 0 Å². The molecule has 3 heteroatoms. The van der Waals surface area contributed by atoms with Gasteiger partial charge in [-0.15, -0.1) is 0 Å². The van der Waals surface area contributed by atoms with Crippen LogP contribution in [0.3, 0.4) is 0 Å². The van der Waals surface area contributed by atoms with Crippen molar-refractivity contribution in [3.8, 4) is 0 Å². The van der Waals surface area contributed by atoms with Crippen LogP contribution in [0.4, 0.5) is 0 Å². The van der Waals surface area contributed by atoms with Crippen LogP contribution in [0.15, 0.2) is 48.5 Å². The normalized spacial score (nSPS) is 12.8. The summed E-state index contributed by atoms with van der Waals surface area (Å²) >= 11 is 0. The summed E-state index contributed by atoms with van der Waals surface area (Å²) in [5.74, 6) is 0. The first kappa shape index (κ1) is 12.9. The lowest BCUT2D eigenvalue weighted by molar-refractivity contribution is 0.209. The van der Waals surface area contributed by atoms with Crippen molar-refractivity contribution in [3.05, 3.63) is 65.5 Å². The molecule has 0 fully saturated rings. The number of fused-ring (bicyclic) bond motifs is 1. The van der Waals surface area contributed by atoms with Crippen molar-refractivity contribution < 1.29 is 5.11 Å². The predicted octanol–water partition coefficient (Wildman–Crippen LogP) is 3.45. The Hall–Kier alpha value is -2.13. The molecule has 0 saturated heterocycles. The van der Waals surface area contributed by atoms with E-state index >= 15 is 0 Å². The van der Waals surface area contributed by atoms with Gasteiger partial charge in [0.1, 0.15) is 6.10 Å². The zero-order valence-electron chi connectivity index (χ0n) is 11.7. The molecular weight excluding hydrogens is 248 g/mol. The Bertz CT molecular complexity index is 740. The largest absolute Gasteiger partial charge is 0.382 e. The van der Waals surface area contributed by atoms with Crippen LogP contribution in [0.1, 0.15) is 30.0 Å². The molecule has 1 N–H and O–H groups in total. The van der Waals surface area contributed by atoms with E-state index in [-0.39, 0.29) is 0 Å². The van der Waals surface area contributed by atoms with Gasteiger partial charge in [-0.05, 0) is 36.2 Å². The highest BCUT2D eigenvalue weighted by Gasteiger charge is 2.18. The van der Waals surface area contributed by atoms with E-state index in [4.69, 9.17) is 0 Å². The Kier molecular flexibility index (Phi) is 3.28. The maximum Gasteiger partial charge on any atom is 0.121 e. The lowest BCUT2D eigenvalue weighted by Gasteiger charge is -2.15. The second-order valence-corrected chi connectivity index (χ2v) is 5.00. The van der Waals surface area contributed by atoms with Gasteiger partial charge in [-0.25, -0.2) is 0 Å². The second-order valence-electron chi connectivity index (χ2n) is 5.00. The number of aliphatic hydroxyl groups excluding tert-OH is 1. The number of nitrogens with zero attached hydrogens (tertiary/aromatic N) is 2. The van der Waals surface area contributed by atoms with E-state index in [1.165, 1.54) is 0 Å². The predicted molar refractivity (Wildman–Crippen MR) is 80.6 cm³/mol. The van der Waals surface area contributed by atoms with E-state index in [1.54, 1.807) is 0 Å². The molecule has 1 atom stereocenters. The van der Waals surface area contributed by atoms with Crippen molar-refractivity contribution in [2.24, 2.45) is 0 Å². The summed E-state index contributed by atoms with van der Waals surface area (Å²) in [5, 5.41) is 17.4. The van der Waals surface area contributed by atoms with Gasteiger partial charge in [0.25, 0.3) is 0 Å². The maximum absolute atomic E-state index is 10.8. The molecule has 3 aromatic rings. The first-order chi connectivity index (χ1) is 9.70. The average molecular weight is 266 g/mol. The molecule has 1 unspecified atom stereocenters. The van der Waals surface area contributed by atoms with Gasteiger partial charge in [-0.1, -0.05) is 42.5 Å². The van der Waals surface area contributed by atoms with E-state index in [9.17, 15) is 5.11 Å². The zero-order chi connectivity index (χ0) is 14.1. The van der Waals surface area contributed by atoms with Gasteiger partial charge in [0, 0.05) is 6.54 Å². The van der Waals surface area contributed by atoms with Crippen molar-refractivity contribution in [1.29, 1.82) is 0 Å². The van der Waals surface area contributed by atoms with Crippen LogP contribution in [-0.4, -0.2) is 14.9 Å². The quantitative estimate of drug-likeness (QED) is 0.788. The Morgan fingerprint density at radius 3 is 2.70 bits per heavy atom. The minimum Gasteiger partial charge on any atom is -0.382 e. The molecule has 1 aromatic heterocycles. The molecule has 0 amide bonds. The highest BCUT2D eigenvalue weighted by molar-refractivity contribution is 5.86. The molecule has 3 nitrogen and oxygen atoms in total. The number of aliphatic hydroxyl groups is 1. The number of rotatable bonds is 3. The van der Waals surface area contributed by atoms with E-state index in [0.29, 0.717) is 0 Å². The summed E-state index contributed by atoms with van der Waals surface area (Å²) < 4.78 is 1.86. The highest BCUT2D eigenvalue weighted by atomic mass is 16.3. The fraction of sp³-hybridized carbons (Fsp3) is 0.235. The first-order valence-electron chi connectivity index (χ1n) is 6.90. The summed E-state index contributed by atoms with van der Waals surface area (Å²) in [6, 6.07) is 16.1. The van der Waals surface area contributed by atoms with Crippen LogP contribution in [0.5, 0.6) is 0 Å². The van der Waals surface area contributed by atoms with Gasteiger partial charge in [0.15, 0.2) is 0 Å². The summed E-state index contributed by atoms with van der Waals surface area (Å²) in [6.45, 7) is 4.74. The van der Waals surface area contributed by atoms with Crippen LogP contribution < -0.4 is 0 Å². The maximum atomic E-state index is 10.8. The third kappa shape index (κ3) is 2.10. The van der Waals surface area contributed by atoms with Crippen LogP contribution in [0, 0.1) is 6.92 Å². The Labute approximate surface area is 118 Å². The molecule has 0 spiro atoms. The highest BCUT2D eigenvalue weighted by Crippen LogP contribution is 2.29. The third-order valence-electron chi connectivity index (χ3n) is 3.63. The summed E-state index contributed by atoms with van der Waals surface area (Å²) in [6.07, 6.45) is -0.651. The fourth-order valence-corrected chi connectivity index (χ4v) is 2.69. The molecule has 0 aliphatic carbocycles. The molecule has 0 aliphatic heterocycles. The van der Waals surface area contributed by atoms with Gasteiger partial charge in [0.2, 0.25) is 0 Å². The third-order valence-corrected chi connectivity index (χ3v) is 3.63. The van der Waals surface area contributed by atoms with E-state index in [0.717, 1.165) is 34.3 Å². The Morgan fingerprint density at radius 2 is 1.90 bits per heavy atom. The van der Waals surface area contributed by atoms with Crippen LogP contribution in [0.25, 0.3) is 10.8 Å². The molecule has 20 heavy (non-hydrogen) atoms. The van der Waals surface area contributed by atoms with Crippen LogP contribution in [-0.2, 0) is 6.54 Å². The van der Waals surface area contributed by atoms with Crippen molar-refractivity contribution in [1.82, 2.24) is 9.78 Å². The smallest absolute Gasteiger partial charge is 0.121 e. The van der Waals surface area contributed by atoms with Gasteiger partial charge in [0.05, 0.1) is 11.4 Å².